The van der Waals surface area contributed by atoms with Gasteiger partial charge in [0.15, 0.2) is 0 Å². The Bertz CT molecular complexity index is 1100. The van der Waals surface area contributed by atoms with E-state index >= 15 is 0 Å². The lowest BCUT2D eigenvalue weighted by atomic mass is 9.92. The van der Waals surface area contributed by atoms with Gasteiger partial charge in [0, 0.05) is 13.1 Å². The minimum absolute atomic E-state index is 0.0803. The quantitative estimate of drug-likeness (QED) is 0.378. The van der Waals surface area contributed by atoms with Gasteiger partial charge in [-0.2, -0.15) is 0 Å². The Balaban J connectivity index is 2.08. The molecule has 0 atom stereocenters. The third-order valence-electron chi connectivity index (χ3n) is 5.17. The molecule has 0 bridgehead atoms. The van der Waals surface area contributed by atoms with Crippen LogP contribution in [0.25, 0.3) is 0 Å². The van der Waals surface area contributed by atoms with Gasteiger partial charge in [0.05, 0.1) is 16.4 Å². The van der Waals surface area contributed by atoms with Gasteiger partial charge in [-0.1, -0.05) is 36.4 Å². The molecule has 33 heavy (non-hydrogen) atoms. The first-order valence-electron chi connectivity index (χ1n) is 10.5. The molecule has 0 spiro atoms. The van der Waals surface area contributed by atoms with Crippen molar-refractivity contribution < 1.29 is 26.4 Å². The van der Waals surface area contributed by atoms with E-state index in [-0.39, 0.29) is 42.3 Å². The van der Waals surface area contributed by atoms with Crippen LogP contribution in [0, 0.1) is 13.8 Å². The van der Waals surface area contributed by atoms with Gasteiger partial charge >= 0.3 is 5.97 Å². The monoisotopic (exact) mass is 497 g/mol. The maximum atomic E-state index is 12.6. The van der Waals surface area contributed by atoms with E-state index in [1.165, 1.54) is 12.1 Å². The number of benzene rings is 2. The standard InChI is InChI=1S/C22H31N3O6S2/c1-4-31-21(26)22(23,13-15-24-32(27,28)19-11-7-5-9-17(19)2)14-16-25-33(29,30)20-12-8-6-10-18(20)3/h5-12,24-25H,4,13-16,23H2,1-3H3. The van der Waals surface area contributed by atoms with Crippen molar-refractivity contribution in [3.05, 3.63) is 59.7 Å². The molecular formula is C22H31N3O6S2. The van der Waals surface area contributed by atoms with Crippen LogP contribution in [-0.4, -0.2) is 48.0 Å². The molecule has 2 aromatic carbocycles. The number of hydrogen-bond acceptors (Lipinski definition) is 7. The van der Waals surface area contributed by atoms with E-state index in [0.29, 0.717) is 11.1 Å². The topological polar surface area (TPSA) is 145 Å². The van der Waals surface area contributed by atoms with Gasteiger partial charge in [-0.05, 0) is 56.9 Å². The van der Waals surface area contributed by atoms with Crippen molar-refractivity contribution in [1.29, 1.82) is 0 Å². The number of carbonyl (C=O) groups excluding carboxylic acids is 1. The van der Waals surface area contributed by atoms with Crippen LogP contribution in [0.3, 0.4) is 0 Å². The summed E-state index contributed by atoms with van der Waals surface area (Å²) in [6.07, 6.45) is -0.161. The highest BCUT2D eigenvalue weighted by Crippen LogP contribution is 2.18. The van der Waals surface area contributed by atoms with Gasteiger partial charge in [0.25, 0.3) is 0 Å². The predicted molar refractivity (Wildman–Crippen MR) is 126 cm³/mol. The average molecular weight is 498 g/mol. The second-order valence-corrected chi connectivity index (χ2v) is 11.2. The molecule has 0 fully saturated rings. The molecule has 0 heterocycles. The van der Waals surface area contributed by atoms with Crippen molar-refractivity contribution in [2.24, 2.45) is 5.73 Å². The lowest BCUT2D eigenvalue weighted by molar-refractivity contribution is -0.150. The maximum absolute atomic E-state index is 12.6. The van der Waals surface area contributed by atoms with Crippen LogP contribution in [0.4, 0.5) is 0 Å². The number of ether oxygens (including phenoxy) is 1. The van der Waals surface area contributed by atoms with E-state index in [1.807, 2.05) is 0 Å². The molecule has 0 aliphatic carbocycles. The number of aryl methyl sites for hydroxylation is 2. The first-order chi connectivity index (χ1) is 15.4. The van der Waals surface area contributed by atoms with E-state index in [0.717, 1.165) is 0 Å². The van der Waals surface area contributed by atoms with Crippen LogP contribution in [-0.2, 0) is 29.6 Å². The number of hydrogen-bond donors (Lipinski definition) is 3. The molecular weight excluding hydrogens is 466 g/mol. The Morgan fingerprint density at radius 1 is 0.848 bits per heavy atom. The summed E-state index contributed by atoms with van der Waals surface area (Å²) in [5.74, 6) is -0.727. The minimum atomic E-state index is -3.81. The lowest BCUT2D eigenvalue weighted by Crippen LogP contribution is -2.53. The highest BCUT2D eigenvalue weighted by Gasteiger charge is 2.36. The Morgan fingerprint density at radius 3 is 1.61 bits per heavy atom. The molecule has 0 saturated carbocycles. The number of carbonyl (C=O) groups is 1. The first-order valence-corrected chi connectivity index (χ1v) is 13.5. The molecule has 11 heteroatoms. The van der Waals surface area contributed by atoms with E-state index in [1.54, 1.807) is 57.2 Å². The van der Waals surface area contributed by atoms with Crippen LogP contribution in [0.1, 0.15) is 30.9 Å². The van der Waals surface area contributed by atoms with Gasteiger partial charge in [0.2, 0.25) is 20.0 Å². The van der Waals surface area contributed by atoms with Gasteiger partial charge in [-0.25, -0.2) is 26.3 Å². The Labute approximate surface area is 195 Å². The van der Waals surface area contributed by atoms with E-state index in [9.17, 15) is 21.6 Å². The van der Waals surface area contributed by atoms with Gasteiger partial charge < -0.3 is 10.5 Å². The van der Waals surface area contributed by atoms with Crippen molar-refractivity contribution in [3.8, 4) is 0 Å². The number of nitrogens with two attached hydrogens (primary N) is 1. The molecule has 0 saturated heterocycles. The summed E-state index contributed by atoms with van der Waals surface area (Å²) in [6, 6.07) is 13.0. The Kier molecular flexibility index (Phi) is 9.15. The molecule has 4 N–H and O–H groups in total. The van der Waals surface area contributed by atoms with Crippen molar-refractivity contribution in [2.45, 2.75) is 48.9 Å². The van der Waals surface area contributed by atoms with Gasteiger partial charge in [-0.3, -0.25) is 4.79 Å². The number of nitrogens with one attached hydrogen (secondary N) is 2. The maximum Gasteiger partial charge on any atom is 0.326 e. The average Bonchev–Trinajstić information content (AvgIpc) is 2.74. The van der Waals surface area contributed by atoms with E-state index < -0.39 is 31.6 Å². The smallest absolute Gasteiger partial charge is 0.326 e. The molecule has 0 amide bonds. The third kappa shape index (κ3) is 7.08. The molecule has 0 aliphatic rings. The zero-order valence-corrected chi connectivity index (χ0v) is 20.6. The number of sulfonamides is 2. The molecule has 9 nitrogen and oxygen atoms in total. The second-order valence-electron chi connectivity index (χ2n) is 7.70. The van der Waals surface area contributed by atoms with Crippen molar-refractivity contribution in [3.63, 3.8) is 0 Å². The van der Waals surface area contributed by atoms with Gasteiger partial charge in [0.1, 0.15) is 5.54 Å². The van der Waals surface area contributed by atoms with Crippen LogP contribution in [0.5, 0.6) is 0 Å². The first kappa shape index (κ1) is 26.9. The SMILES string of the molecule is CCOC(=O)C(N)(CCNS(=O)(=O)c1ccccc1C)CCNS(=O)(=O)c1ccccc1C. The summed E-state index contributed by atoms with van der Waals surface area (Å²) < 4.78 is 60.4. The molecule has 0 aliphatic heterocycles. The van der Waals surface area contributed by atoms with Crippen LogP contribution >= 0.6 is 0 Å². The van der Waals surface area contributed by atoms with Crippen molar-refractivity contribution >= 4 is 26.0 Å². The second kappa shape index (κ2) is 11.2. The summed E-state index contributed by atoms with van der Waals surface area (Å²) in [7, 11) is -7.61. The molecule has 0 radical (unpaired) electrons. The predicted octanol–water partition coefficient (Wildman–Crippen LogP) is 1.60. The summed E-state index contributed by atoms with van der Waals surface area (Å²) in [5, 5.41) is 0. The highest BCUT2D eigenvalue weighted by atomic mass is 32.2. The van der Waals surface area contributed by atoms with E-state index in [2.05, 4.69) is 9.44 Å². The molecule has 2 aromatic rings. The third-order valence-corrected chi connectivity index (χ3v) is 8.42. The highest BCUT2D eigenvalue weighted by molar-refractivity contribution is 7.89. The van der Waals surface area contributed by atoms with Crippen molar-refractivity contribution in [2.75, 3.05) is 19.7 Å². The van der Waals surface area contributed by atoms with Gasteiger partial charge in [-0.15, -0.1) is 0 Å². The molecule has 0 unspecified atom stereocenters. The Hall–Kier alpha value is -2.31. The molecule has 182 valence electrons. The lowest BCUT2D eigenvalue weighted by Gasteiger charge is -2.27. The van der Waals surface area contributed by atoms with Crippen LogP contribution < -0.4 is 15.2 Å². The normalized spacial score (nSPS) is 12.5. The van der Waals surface area contributed by atoms with Crippen LogP contribution in [0.15, 0.2) is 58.3 Å². The zero-order chi connectivity index (χ0) is 24.7. The van der Waals surface area contributed by atoms with E-state index in [4.69, 9.17) is 10.5 Å². The number of esters is 1. The zero-order valence-electron chi connectivity index (χ0n) is 19.0. The fraction of sp³-hybridized carbons (Fsp3) is 0.409. The summed E-state index contributed by atoms with van der Waals surface area (Å²) >= 11 is 0. The van der Waals surface area contributed by atoms with Crippen LogP contribution in [0.2, 0.25) is 0 Å². The van der Waals surface area contributed by atoms with Crippen molar-refractivity contribution in [1.82, 2.24) is 9.44 Å². The summed E-state index contributed by atoms with van der Waals surface area (Å²) in [5.41, 5.74) is 5.86. The Morgan fingerprint density at radius 2 is 1.24 bits per heavy atom. The molecule has 0 aromatic heterocycles. The fourth-order valence-electron chi connectivity index (χ4n) is 3.29. The minimum Gasteiger partial charge on any atom is -0.465 e. The summed E-state index contributed by atoms with van der Waals surface area (Å²) in [6.45, 7) is 4.82. The number of rotatable bonds is 12. The summed E-state index contributed by atoms with van der Waals surface area (Å²) in [4.78, 5) is 12.8. The largest absolute Gasteiger partial charge is 0.465 e. The fourth-order valence-corrected chi connectivity index (χ4v) is 5.84. The molecule has 2 rings (SSSR count).